The number of hydrogen-bond donors (Lipinski definition) is 2. The first-order valence-electron chi connectivity index (χ1n) is 7.23. The quantitative estimate of drug-likeness (QED) is 0.556. The first kappa shape index (κ1) is 15.4. The van der Waals surface area contributed by atoms with Crippen LogP contribution in [-0.4, -0.2) is 12.1 Å². The number of hydrazone groups is 1. The van der Waals surface area contributed by atoms with Crippen molar-refractivity contribution in [1.82, 2.24) is 5.43 Å². The molecule has 6 heteroatoms. The number of anilines is 1. The van der Waals surface area contributed by atoms with Crippen LogP contribution in [0.25, 0.3) is 0 Å². The lowest BCUT2D eigenvalue weighted by Gasteiger charge is -2.09. The van der Waals surface area contributed by atoms with Gasteiger partial charge in [0.05, 0.1) is 11.8 Å². The fraction of sp³-hybridized carbons (Fsp3) is 0. The summed E-state index contributed by atoms with van der Waals surface area (Å²) < 4.78 is 10.9. The highest BCUT2D eigenvalue weighted by Crippen LogP contribution is 2.24. The molecule has 0 aliphatic rings. The van der Waals surface area contributed by atoms with Crippen molar-refractivity contribution in [3.8, 4) is 11.5 Å². The lowest BCUT2D eigenvalue weighted by atomic mass is 10.2. The van der Waals surface area contributed by atoms with Crippen molar-refractivity contribution in [1.29, 1.82) is 0 Å². The Labute approximate surface area is 138 Å². The molecule has 1 heterocycles. The number of nitrogens with one attached hydrogen (secondary N) is 1. The van der Waals surface area contributed by atoms with E-state index in [4.69, 9.17) is 14.9 Å². The molecule has 1 aromatic heterocycles. The van der Waals surface area contributed by atoms with Gasteiger partial charge in [-0.25, -0.2) is 5.43 Å². The van der Waals surface area contributed by atoms with Crippen LogP contribution in [0.1, 0.15) is 16.1 Å². The van der Waals surface area contributed by atoms with Crippen molar-refractivity contribution in [3.63, 3.8) is 0 Å². The third-order valence-electron chi connectivity index (χ3n) is 3.11. The van der Waals surface area contributed by atoms with E-state index in [1.807, 2.05) is 30.3 Å². The van der Waals surface area contributed by atoms with Crippen molar-refractivity contribution in [2.45, 2.75) is 0 Å². The van der Waals surface area contributed by atoms with Crippen LogP contribution in [0.4, 0.5) is 5.88 Å². The van der Waals surface area contributed by atoms with Gasteiger partial charge in [-0.2, -0.15) is 5.10 Å². The molecule has 0 atom stereocenters. The topological polar surface area (TPSA) is 89.8 Å². The molecule has 1 amide bonds. The van der Waals surface area contributed by atoms with Gasteiger partial charge in [0.2, 0.25) is 0 Å². The Kier molecular flexibility index (Phi) is 4.57. The van der Waals surface area contributed by atoms with Crippen LogP contribution in [0.2, 0.25) is 0 Å². The van der Waals surface area contributed by atoms with Crippen LogP contribution in [-0.2, 0) is 0 Å². The number of nitrogen functional groups attached to an aromatic ring is 1. The van der Waals surface area contributed by atoms with E-state index < -0.39 is 5.91 Å². The second kappa shape index (κ2) is 7.15. The number of amides is 1. The predicted octanol–water partition coefficient (Wildman–Crippen LogP) is 3.42. The Morgan fingerprint density at radius 3 is 2.54 bits per heavy atom. The molecular weight excluding hydrogens is 306 g/mol. The summed E-state index contributed by atoms with van der Waals surface area (Å²) in [7, 11) is 0. The SMILES string of the molecule is Nc1ccc(/C=N/NC(=O)c2ccccc2Oc2ccccc2)o1. The largest absolute Gasteiger partial charge is 0.457 e. The van der Waals surface area contributed by atoms with E-state index in [2.05, 4.69) is 10.5 Å². The zero-order valence-electron chi connectivity index (χ0n) is 12.7. The fourth-order valence-electron chi connectivity index (χ4n) is 2.01. The van der Waals surface area contributed by atoms with Crippen LogP contribution >= 0.6 is 0 Å². The highest BCUT2D eigenvalue weighted by atomic mass is 16.5. The number of carbonyl (C=O) groups is 1. The van der Waals surface area contributed by atoms with Gasteiger partial charge in [0.25, 0.3) is 5.91 Å². The minimum absolute atomic E-state index is 0.282. The molecule has 3 aromatic rings. The third-order valence-corrected chi connectivity index (χ3v) is 3.11. The molecule has 0 aliphatic carbocycles. The summed E-state index contributed by atoms with van der Waals surface area (Å²) in [4.78, 5) is 12.3. The number of ether oxygens (including phenoxy) is 1. The van der Waals surface area contributed by atoms with Gasteiger partial charge in [-0.05, 0) is 30.3 Å². The van der Waals surface area contributed by atoms with Crippen molar-refractivity contribution < 1.29 is 13.9 Å². The molecule has 0 radical (unpaired) electrons. The Hall–Kier alpha value is -3.54. The zero-order valence-corrected chi connectivity index (χ0v) is 12.7. The Morgan fingerprint density at radius 1 is 1.04 bits per heavy atom. The van der Waals surface area contributed by atoms with E-state index >= 15 is 0 Å². The first-order valence-corrected chi connectivity index (χ1v) is 7.23. The molecule has 0 unspecified atom stereocenters. The highest BCUT2D eigenvalue weighted by Gasteiger charge is 2.12. The summed E-state index contributed by atoms with van der Waals surface area (Å²) in [5.74, 6) is 1.43. The summed E-state index contributed by atoms with van der Waals surface area (Å²) >= 11 is 0. The van der Waals surface area contributed by atoms with Gasteiger partial charge < -0.3 is 14.9 Å². The van der Waals surface area contributed by atoms with E-state index in [9.17, 15) is 4.79 Å². The summed E-state index contributed by atoms with van der Waals surface area (Å²) in [5.41, 5.74) is 8.27. The average Bonchev–Trinajstić information content (AvgIpc) is 3.01. The number of para-hydroxylation sites is 2. The lowest BCUT2D eigenvalue weighted by Crippen LogP contribution is -2.18. The Balaban J connectivity index is 1.71. The number of nitrogens with zero attached hydrogens (tertiary/aromatic N) is 1. The van der Waals surface area contributed by atoms with Crippen molar-refractivity contribution >= 4 is 18.0 Å². The Bertz CT molecular complexity index is 857. The molecular formula is C18H15N3O3. The third kappa shape index (κ3) is 3.80. The van der Waals surface area contributed by atoms with Gasteiger partial charge in [-0.1, -0.05) is 30.3 Å². The van der Waals surface area contributed by atoms with Crippen LogP contribution in [0.15, 0.2) is 76.2 Å². The van der Waals surface area contributed by atoms with Crippen LogP contribution in [0.5, 0.6) is 11.5 Å². The monoisotopic (exact) mass is 321 g/mol. The van der Waals surface area contributed by atoms with E-state index in [0.29, 0.717) is 22.8 Å². The number of nitrogens with two attached hydrogens (primary N) is 1. The molecule has 120 valence electrons. The molecule has 24 heavy (non-hydrogen) atoms. The number of benzene rings is 2. The van der Waals surface area contributed by atoms with Crippen molar-refractivity contribution in [3.05, 3.63) is 78.1 Å². The number of furan rings is 1. The van der Waals surface area contributed by atoms with Gasteiger partial charge >= 0.3 is 0 Å². The average molecular weight is 321 g/mol. The Morgan fingerprint density at radius 2 is 1.79 bits per heavy atom. The smallest absolute Gasteiger partial charge is 0.275 e. The van der Waals surface area contributed by atoms with Gasteiger partial charge in [-0.3, -0.25) is 4.79 Å². The minimum Gasteiger partial charge on any atom is -0.457 e. The van der Waals surface area contributed by atoms with E-state index in [-0.39, 0.29) is 5.88 Å². The number of rotatable bonds is 5. The van der Waals surface area contributed by atoms with Crippen LogP contribution in [0, 0.1) is 0 Å². The zero-order chi connectivity index (χ0) is 16.8. The van der Waals surface area contributed by atoms with Gasteiger partial charge in [0.1, 0.15) is 17.3 Å². The van der Waals surface area contributed by atoms with Gasteiger partial charge in [0, 0.05) is 6.07 Å². The van der Waals surface area contributed by atoms with Gasteiger partial charge in [0.15, 0.2) is 5.88 Å². The maximum Gasteiger partial charge on any atom is 0.275 e. The molecule has 2 aromatic carbocycles. The second-order valence-corrected chi connectivity index (χ2v) is 4.85. The van der Waals surface area contributed by atoms with Crippen molar-refractivity contribution in [2.75, 3.05) is 5.73 Å². The highest BCUT2D eigenvalue weighted by molar-refractivity contribution is 5.97. The minimum atomic E-state index is -0.391. The van der Waals surface area contributed by atoms with E-state index in [0.717, 1.165) is 0 Å². The molecule has 3 rings (SSSR count). The normalized spacial score (nSPS) is 10.7. The second-order valence-electron chi connectivity index (χ2n) is 4.85. The molecule has 0 saturated carbocycles. The lowest BCUT2D eigenvalue weighted by molar-refractivity contribution is 0.0953. The predicted molar refractivity (Wildman–Crippen MR) is 91.1 cm³/mol. The standard InChI is InChI=1S/C18H15N3O3/c19-17-11-10-14(24-17)12-20-21-18(22)15-8-4-5-9-16(15)23-13-6-2-1-3-7-13/h1-12H,19H2,(H,21,22)/b20-12+. The molecule has 0 bridgehead atoms. The van der Waals surface area contributed by atoms with Crippen LogP contribution < -0.4 is 15.9 Å². The maximum absolute atomic E-state index is 12.3. The van der Waals surface area contributed by atoms with Crippen LogP contribution in [0.3, 0.4) is 0 Å². The summed E-state index contributed by atoms with van der Waals surface area (Å²) in [5, 5.41) is 3.85. The summed E-state index contributed by atoms with van der Waals surface area (Å²) in [6.07, 6.45) is 1.37. The molecule has 0 aliphatic heterocycles. The summed E-state index contributed by atoms with van der Waals surface area (Å²) in [6.45, 7) is 0. The number of carbonyl (C=O) groups excluding carboxylic acids is 1. The molecule has 0 spiro atoms. The summed E-state index contributed by atoms with van der Waals surface area (Å²) in [6, 6.07) is 19.4. The molecule has 6 nitrogen and oxygen atoms in total. The fourth-order valence-corrected chi connectivity index (χ4v) is 2.01. The maximum atomic E-state index is 12.3. The number of hydrogen-bond acceptors (Lipinski definition) is 5. The van der Waals surface area contributed by atoms with E-state index in [1.165, 1.54) is 6.21 Å². The van der Waals surface area contributed by atoms with Crippen molar-refractivity contribution in [2.24, 2.45) is 5.10 Å². The first-order chi connectivity index (χ1) is 11.7. The van der Waals surface area contributed by atoms with Gasteiger partial charge in [-0.15, -0.1) is 0 Å². The molecule has 0 saturated heterocycles. The van der Waals surface area contributed by atoms with E-state index in [1.54, 1.807) is 36.4 Å². The molecule has 0 fully saturated rings. The molecule has 3 N–H and O–H groups in total.